The summed E-state index contributed by atoms with van der Waals surface area (Å²) in [5.41, 5.74) is 0.945. The molecule has 2 heterocycles. The summed E-state index contributed by atoms with van der Waals surface area (Å²) in [4.78, 5) is 1.21. The molecule has 0 unspecified atom stereocenters. The van der Waals surface area contributed by atoms with Gasteiger partial charge in [0.05, 0.1) is 17.3 Å². The van der Waals surface area contributed by atoms with Crippen molar-refractivity contribution in [2.45, 2.75) is 19.8 Å². The number of H-pyrrole nitrogens is 1. The first-order valence-corrected chi connectivity index (χ1v) is 9.91. The number of nitrogens with zero attached hydrogens (tertiary/aromatic N) is 3. The van der Waals surface area contributed by atoms with Crippen LogP contribution < -0.4 is 4.74 Å². The van der Waals surface area contributed by atoms with Crippen LogP contribution in [0.1, 0.15) is 29.6 Å². The minimum Gasteiger partial charge on any atom is -0.492 e. The summed E-state index contributed by atoms with van der Waals surface area (Å²) < 4.78 is 8.70. The van der Waals surface area contributed by atoms with Gasteiger partial charge in [-0.05, 0) is 69.8 Å². The number of hydrogen-bond donors (Lipinski definition) is 1. The molecule has 0 aliphatic rings. The zero-order valence-corrected chi connectivity index (χ0v) is 16.8. The molecule has 0 fully saturated rings. The fraction of sp³-hybridized carbons (Fsp3) is 0.235. The number of aromatic amines is 1. The van der Waals surface area contributed by atoms with Gasteiger partial charge >= 0.3 is 0 Å². The monoisotopic (exact) mass is 436 g/mol. The van der Waals surface area contributed by atoms with Gasteiger partial charge in [-0.1, -0.05) is 13.0 Å². The standard InChI is InChI=1S/C17H17BrN4OS2/c1-2-7-23-15-6-5-12(9-14(15)18)11-19-22-16(20-21-17(22)24)10-13-4-3-8-25-13/h3-6,8-9,11H,2,7,10H2,1H3,(H,21,24)/b19-11-. The fourth-order valence-electron chi connectivity index (χ4n) is 2.18. The van der Waals surface area contributed by atoms with Gasteiger partial charge in [-0.25, -0.2) is 0 Å². The number of benzene rings is 1. The van der Waals surface area contributed by atoms with Crippen molar-refractivity contribution in [2.24, 2.45) is 5.10 Å². The molecule has 0 aliphatic carbocycles. The van der Waals surface area contributed by atoms with Gasteiger partial charge in [-0.2, -0.15) is 14.9 Å². The molecular formula is C17H17BrN4OS2. The highest BCUT2D eigenvalue weighted by Crippen LogP contribution is 2.25. The summed E-state index contributed by atoms with van der Waals surface area (Å²) in [5, 5.41) is 13.6. The van der Waals surface area contributed by atoms with Gasteiger partial charge in [-0.15, -0.1) is 11.3 Å². The first kappa shape index (κ1) is 18.0. The molecule has 0 saturated heterocycles. The molecule has 3 rings (SSSR count). The average molecular weight is 437 g/mol. The number of rotatable bonds is 7. The van der Waals surface area contributed by atoms with Gasteiger partial charge in [0.1, 0.15) is 5.75 Å². The van der Waals surface area contributed by atoms with Crippen molar-refractivity contribution >= 4 is 45.7 Å². The third-order valence-corrected chi connectivity index (χ3v) is 5.13. The molecule has 25 heavy (non-hydrogen) atoms. The molecule has 1 N–H and O–H groups in total. The van der Waals surface area contributed by atoms with E-state index in [1.807, 2.05) is 29.6 Å². The number of aromatic nitrogens is 3. The van der Waals surface area contributed by atoms with Crippen LogP contribution in [0.5, 0.6) is 5.75 Å². The molecule has 1 aromatic carbocycles. The van der Waals surface area contributed by atoms with Crippen molar-refractivity contribution in [1.29, 1.82) is 0 Å². The zero-order chi connectivity index (χ0) is 17.6. The van der Waals surface area contributed by atoms with E-state index in [2.05, 4.69) is 44.2 Å². The minimum atomic E-state index is 0.477. The lowest BCUT2D eigenvalue weighted by atomic mass is 10.2. The molecular weight excluding hydrogens is 420 g/mol. The van der Waals surface area contributed by atoms with Crippen LogP contribution >= 0.6 is 39.5 Å². The summed E-state index contributed by atoms with van der Waals surface area (Å²) >= 11 is 10.5. The van der Waals surface area contributed by atoms with E-state index in [1.54, 1.807) is 22.2 Å². The Kier molecular flexibility index (Phi) is 6.17. The lowest BCUT2D eigenvalue weighted by molar-refractivity contribution is 0.315. The Hall–Kier alpha value is -1.77. The van der Waals surface area contributed by atoms with E-state index in [-0.39, 0.29) is 0 Å². The van der Waals surface area contributed by atoms with Crippen LogP contribution in [0, 0.1) is 4.77 Å². The van der Waals surface area contributed by atoms with Gasteiger partial charge in [0, 0.05) is 11.3 Å². The maximum atomic E-state index is 5.66. The molecule has 0 radical (unpaired) electrons. The second kappa shape index (κ2) is 8.55. The van der Waals surface area contributed by atoms with Crippen molar-refractivity contribution in [3.8, 4) is 5.75 Å². The first-order valence-electron chi connectivity index (χ1n) is 7.82. The molecule has 8 heteroatoms. The Bertz CT molecular complexity index is 915. The lowest BCUT2D eigenvalue weighted by Crippen LogP contribution is -2.00. The Labute approximate surface area is 163 Å². The SMILES string of the molecule is CCCOc1ccc(/C=N\n2c(Cc3cccs3)n[nH]c2=S)cc1Br. The fourth-order valence-corrected chi connectivity index (χ4v) is 3.59. The average Bonchev–Trinajstić information content (AvgIpc) is 3.23. The number of nitrogens with one attached hydrogen (secondary N) is 1. The highest BCUT2D eigenvalue weighted by Gasteiger charge is 2.07. The maximum Gasteiger partial charge on any atom is 0.216 e. The van der Waals surface area contributed by atoms with Gasteiger partial charge in [0.15, 0.2) is 5.82 Å². The third kappa shape index (κ3) is 4.65. The summed E-state index contributed by atoms with van der Waals surface area (Å²) in [7, 11) is 0. The van der Waals surface area contributed by atoms with Crippen LogP contribution in [0.4, 0.5) is 0 Å². The summed E-state index contributed by atoms with van der Waals surface area (Å²) in [5.74, 6) is 1.61. The normalized spacial score (nSPS) is 11.3. The van der Waals surface area contributed by atoms with Gasteiger partial charge in [-0.3, -0.25) is 5.10 Å². The smallest absolute Gasteiger partial charge is 0.216 e. The van der Waals surface area contributed by atoms with Crippen LogP contribution in [-0.4, -0.2) is 27.7 Å². The molecule has 5 nitrogen and oxygen atoms in total. The summed E-state index contributed by atoms with van der Waals surface area (Å²) in [6.45, 7) is 2.78. The zero-order valence-electron chi connectivity index (χ0n) is 13.6. The van der Waals surface area contributed by atoms with Crippen molar-refractivity contribution < 1.29 is 4.74 Å². The largest absolute Gasteiger partial charge is 0.492 e. The van der Waals surface area contributed by atoms with Crippen LogP contribution in [0.2, 0.25) is 0 Å². The Balaban J connectivity index is 1.79. The topological polar surface area (TPSA) is 55.2 Å². The second-order valence-electron chi connectivity index (χ2n) is 5.30. The predicted octanol–water partition coefficient (Wildman–Crippen LogP) is 5.03. The summed E-state index contributed by atoms with van der Waals surface area (Å²) in [6, 6.07) is 9.96. The highest BCUT2D eigenvalue weighted by atomic mass is 79.9. The van der Waals surface area contributed by atoms with E-state index in [4.69, 9.17) is 17.0 Å². The third-order valence-electron chi connectivity index (χ3n) is 3.37. The van der Waals surface area contributed by atoms with Crippen molar-refractivity contribution in [3.05, 3.63) is 61.2 Å². The van der Waals surface area contributed by atoms with E-state index in [9.17, 15) is 0 Å². The van der Waals surface area contributed by atoms with Gasteiger partial charge in [0.25, 0.3) is 0 Å². The number of ether oxygens (including phenoxy) is 1. The lowest BCUT2D eigenvalue weighted by Gasteiger charge is -2.07. The van der Waals surface area contributed by atoms with Crippen LogP contribution in [0.15, 0.2) is 45.3 Å². The van der Waals surface area contributed by atoms with Crippen molar-refractivity contribution in [2.75, 3.05) is 6.61 Å². The number of halogens is 1. The molecule has 3 aromatic rings. The van der Waals surface area contributed by atoms with Crippen LogP contribution in [0.3, 0.4) is 0 Å². The van der Waals surface area contributed by atoms with E-state index >= 15 is 0 Å². The molecule has 0 bridgehead atoms. The quantitative estimate of drug-likeness (QED) is 0.417. The predicted molar refractivity (Wildman–Crippen MR) is 107 cm³/mol. The van der Waals surface area contributed by atoms with E-state index < -0.39 is 0 Å². The Morgan fingerprint density at radius 3 is 3.04 bits per heavy atom. The second-order valence-corrected chi connectivity index (χ2v) is 7.57. The Morgan fingerprint density at radius 1 is 1.44 bits per heavy atom. The van der Waals surface area contributed by atoms with Crippen LogP contribution in [0.25, 0.3) is 0 Å². The first-order chi connectivity index (χ1) is 12.2. The molecule has 0 aliphatic heterocycles. The van der Waals surface area contributed by atoms with E-state index in [1.165, 1.54) is 4.88 Å². The van der Waals surface area contributed by atoms with Gasteiger partial charge in [0.2, 0.25) is 4.77 Å². The molecule has 2 aromatic heterocycles. The number of thiophene rings is 1. The van der Waals surface area contributed by atoms with Gasteiger partial charge < -0.3 is 4.74 Å². The Morgan fingerprint density at radius 2 is 2.32 bits per heavy atom. The van der Waals surface area contributed by atoms with Crippen molar-refractivity contribution in [1.82, 2.24) is 14.9 Å². The van der Waals surface area contributed by atoms with Crippen molar-refractivity contribution in [3.63, 3.8) is 0 Å². The number of hydrogen-bond acceptors (Lipinski definition) is 5. The summed E-state index contributed by atoms with van der Waals surface area (Å²) in [6.07, 6.45) is 3.43. The van der Waals surface area contributed by atoms with E-state index in [0.29, 0.717) is 17.8 Å². The molecule has 130 valence electrons. The minimum absolute atomic E-state index is 0.477. The highest BCUT2D eigenvalue weighted by molar-refractivity contribution is 9.10. The maximum absolute atomic E-state index is 5.66. The molecule has 0 saturated carbocycles. The molecule has 0 atom stereocenters. The van der Waals surface area contributed by atoms with Crippen LogP contribution in [-0.2, 0) is 6.42 Å². The molecule has 0 amide bonds. The van der Waals surface area contributed by atoms with E-state index in [0.717, 1.165) is 28.0 Å². The molecule has 0 spiro atoms.